The minimum atomic E-state index is -0.694. The number of hydrogen-bond acceptors (Lipinski definition) is 3. The van der Waals surface area contributed by atoms with Crippen LogP contribution in [0.5, 0.6) is 0 Å². The lowest BCUT2D eigenvalue weighted by Crippen LogP contribution is -2.49. The number of rotatable bonds is 9. The van der Waals surface area contributed by atoms with E-state index in [0.717, 1.165) is 36.6 Å². The molecule has 210 valence electrons. The number of benzene rings is 2. The Morgan fingerprint density at radius 1 is 1.10 bits per heavy atom. The number of aromatic nitrogens is 2. The normalized spacial score (nSPS) is 15.4. The summed E-state index contributed by atoms with van der Waals surface area (Å²) >= 11 is 0. The molecule has 0 radical (unpaired) electrons. The van der Waals surface area contributed by atoms with E-state index in [1.165, 1.54) is 0 Å². The average molecular weight is 542 g/mol. The van der Waals surface area contributed by atoms with Crippen molar-refractivity contribution in [2.45, 2.75) is 58.7 Å². The highest BCUT2D eigenvalue weighted by Gasteiger charge is 2.40. The summed E-state index contributed by atoms with van der Waals surface area (Å²) in [4.78, 5) is 22.3. The highest BCUT2D eigenvalue weighted by molar-refractivity contribution is 5.75. The Hall–Kier alpha value is -3.33. The third-order valence-corrected chi connectivity index (χ3v) is 7.15. The number of imidazole rings is 1. The molecule has 0 unspecified atom stereocenters. The van der Waals surface area contributed by atoms with Crippen molar-refractivity contribution >= 4 is 6.03 Å². The van der Waals surface area contributed by atoms with Gasteiger partial charge in [0.15, 0.2) is 0 Å². The van der Waals surface area contributed by atoms with Gasteiger partial charge >= 0.3 is 6.03 Å². The maximum Gasteiger partial charge on any atom is 0.320 e. The summed E-state index contributed by atoms with van der Waals surface area (Å²) in [6.45, 7) is 7.33. The third kappa shape index (κ3) is 6.82. The first kappa shape index (κ1) is 28.7. The molecule has 6 nitrogen and oxygen atoms in total. The Morgan fingerprint density at radius 3 is 2.44 bits per heavy atom. The smallest absolute Gasteiger partial charge is 0.320 e. The van der Waals surface area contributed by atoms with Gasteiger partial charge in [-0.25, -0.2) is 22.9 Å². The van der Waals surface area contributed by atoms with Crippen LogP contribution in [-0.2, 0) is 6.54 Å². The van der Waals surface area contributed by atoms with Crippen LogP contribution in [0.25, 0.3) is 11.3 Å². The molecule has 2 N–H and O–H groups in total. The molecule has 2 aromatic carbocycles. The second-order valence-electron chi connectivity index (χ2n) is 11.4. The molecule has 2 heterocycles. The van der Waals surface area contributed by atoms with Gasteiger partial charge in [0.2, 0.25) is 0 Å². The zero-order valence-corrected chi connectivity index (χ0v) is 22.9. The van der Waals surface area contributed by atoms with Gasteiger partial charge in [-0.1, -0.05) is 51.1 Å². The molecule has 0 spiro atoms. The summed E-state index contributed by atoms with van der Waals surface area (Å²) in [7, 11) is 0. The summed E-state index contributed by atoms with van der Waals surface area (Å²) in [6, 6.07) is 11.6. The molecule has 0 saturated carbocycles. The number of carbonyl (C=O) groups excluding carboxylic acids is 1. The van der Waals surface area contributed by atoms with Crippen molar-refractivity contribution in [1.82, 2.24) is 19.4 Å². The SMILES string of the molecule is CC(C)(C)[C@H](c1nc(-c2cc(F)ccc2F)cn1Cc1ccccc1)N(CC[C@H](N)CF)C(=O)N1CCCC1. The molecular weight excluding hydrogens is 503 g/mol. The van der Waals surface area contributed by atoms with Crippen molar-refractivity contribution in [3.05, 3.63) is 77.8 Å². The summed E-state index contributed by atoms with van der Waals surface area (Å²) in [5.41, 5.74) is 6.75. The molecular formula is C30H38F3N5O. The average Bonchev–Trinajstić information content (AvgIpc) is 3.58. The van der Waals surface area contributed by atoms with E-state index >= 15 is 0 Å². The van der Waals surface area contributed by atoms with Crippen LogP contribution < -0.4 is 5.73 Å². The number of carbonyl (C=O) groups is 1. The van der Waals surface area contributed by atoms with Crippen molar-refractivity contribution in [2.75, 3.05) is 26.3 Å². The molecule has 4 rings (SSSR count). The molecule has 1 aliphatic rings. The van der Waals surface area contributed by atoms with Gasteiger partial charge in [0.25, 0.3) is 0 Å². The first-order chi connectivity index (χ1) is 18.6. The van der Waals surface area contributed by atoms with Gasteiger partial charge in [-0.3, -0.25) is 0 Å². The van der Waals surface area contributed by atoms with E-state index in [2.05, 4.69) is 0 Å². The topological polar surface area (TPSA) is 67.4 Å². The number of hydrogen-bond donors (Lipinski definition) is 1. The highest BCUT2D eigenvalue weighted by Crippen LogP contribution is 2.40. The minimum Gasteiger partial charge on any atom is -0.328 e. The predicted octanol–water partition coefficient (Wildman–Crippen LogP) is 6.17. The Balaban J connectivity index is 1.86. The monoisotopic (exact) mass is 541 g/mol. The van der Waals surface area contributed by atoms with Gasteiger partial charge in [0, 0.05) is 44.0 Å². The number of urea groups is 1. The number of amides is 2. The number of halogens is 3. The van der Waals surface area contributed by atoms with Crippen molar-refractivity contribution in [3.63, 3.8) is 0 Å². The lowest BCUT2D eigenvalue weighted by atomic mass is 9.84. The maximum absolute atomic E-state index is 14.9. The Labute approximate surface area is 228 Å². The van der Waals surface area contributed by atoms with Crippen LogP contribution in [0.3, 0.4) is 0 Å². The summed E-state index contributed by atoms with van der Waals surface area (Å²) < 4.78 is 44.3. The summed E-state index contributed by atoms with van der Waals surface area (Å²) in [5, 5.41) is 0. The van der Waals surface area contributed by atoms with Crippen LogP contribution in [-0.4, -0.2) is 57.7 Å². The van der Waals surface area contributed by atoms with Crippen LogP contribution in [0.4, 0.5) is 18.0 Å². The fourth-order valence-electron chi connectivity index (χ4n) is 5.18. The first-order valence-corrected chi connectivity index (χ1v) is 13.5. The van der Waals surface area contributed by atoms with E-state index in [0.29, 0.717) is 25.5 Å². The lowest BCUT2D eigenvalue weighted by Gasteiger charge is -2.41. The molecule has 9 heteroatoms. The minimum absolute atomic E-state index is 0.0487. The Bertz CT molecular complexity index is 1250. The fraction of sp³-hybridized carbons (Fsp3) is 0.467. The van der Waals surface area contributed by atoms with Crippen molar-refractivity contribution in [3.8, 4) is 11.3 Å². The molecule has 2 amide bonds. The van der Waals surface area contributed by atoms with E-state index in [-0.39, 0.29) is 30.3 Å². The second-order valence-corrected chi connectivity index (χ2v) is 11.4. The Kier molecular flexibility index (Phi) is 9.00. The molecule has 1 fully saturated rings. The van der Waals surface area contributed by atoms with Crippen LogP contribution in [0.1, 0.15) is 57.5 Å². The summed E-state index contributed by atoms with van der Waals surface area (Å²) in [5.74, 6) is -0.603. The standard InChI is InChI=1S/C30H38F3N5O/c1-30(2,3)27(38(16-13-23(34)18-31)29(39)36-14-7-8-15-36)28-35-26(24-17-22(32)11-12-25(24)33)20-37(28)19-21-9-5-4-6-10-21/h4-6,9-12,17,20,23,27H,7-8,13-16,18-19,34H2,1-3H3/t23-,27-/m0/s1. The lowest BCUT2D eigenvalue weighted by molar-refractivity contribution is 0.0855. The van der Waals surface area contributed by atoms with Crippen molar-refractivity contribution in [1.29, 1.82) is 0 Å². The van der Waals surface area contributed by atoms with E-state index in [1.54, 1.807) is 11.1 Å². The number of nitrogens with two attached hydrogens (primary N) is 1. The van der Waals surface area contributed by atoms with Crippen molar-refractivity contribution in [2.24, 2.45) is 11.1 Å². The van der Waals surface area contributed by atoms with E-state index in [1.807, 2.05) is 60.6 Å². The van der Waals surface area contributed by atoms with Crippen LogP contribution >= 0.6 is 0 Å². The highest BCUT2D eigenvalue weighted by atomic mass is 19.1. The molecule has 1 aliphatic heterocycles. The van der Waals surface area contributed by atoms with Gasteiger partial charge in [0.1, 0.15) is 24.1 Å². The number of likely N-dealkylation sites (tertiary alicyclic amines) is 1. The van der Waals surface area contributed by atoms with Gasteiger partial charge in [-0.2, -0.15) is 0 Å². The van der Waals surface area contributed by atoms with Crippen molar-refractivity contribution < 1.29 is 18.0 Å². The van der Waals surface area contributed by atoms with Crippen LogP contribution in [0, 0.1) is 17.0 Å². The molecule has 0 aliphatic carbocycles. The molecule has 1 saturated heterocycles. The van der Waals surface area contributed by atoms with Gasteiger partial charge < -0.3 is 20.1 Å². The molecule has 0 bridgehead atoms. The summed E-state index contributed by atoms with van der Waals surface area (Å²) in [6.07, 6.45) is 3.85. The Morgan fingerprint density at radius 2 is 1.79 bits per heavy atom. The van der Waals surface area contributed by atoms with Gasteiger partial charge in [-0.05, 0) is 48.4 Å². The quantitative estimate of drug-likeness (QED) is 0.352. The van der Waals surface area contributed by atoms with Gasteiger partial charge in [0.05, 0.1) is 11.7 Å². The van der Waals surface area contributed by atoms with E-state index in [9.17, 15) is 18.0 Å². The molecule has 2 atom stereocenters. The van der Waals surface area contributed by atoms with Crippen LogP contribution in [0.2, 0.25) is 0 Å². The predicted molar refractivity (Wildman–Crippen MR) is 147 cm³/mol. The zero-order chi connectivity index (χ0) is 28.2. The fourth-order valence-corrected chi connectivity index (χ4v) is 5.18. The van der Waals surface area contributed by atoms with Gasteiger partial charge in [-0.15, -0.1) is 0 Å². The first-order valence-electron chi connectivity index (χ1n) is 13.5. The number of nitrogens with zero attached hydrogens (tertiary/aromatic N) is 4. The zero-order valence-electron chi connectivity index (χ0n) is 22.9. The molecule has 39 heavy (non-hydrogen) atoms. The maximum atomic E-state index is 14.9. The second kappa shape index (κ2) is 12.2. The molecule has 1 aromatic heterocycles. The third-order valence-electron chi connectivity index (χ3n) is 7.15. The molecule has 3 aromatic rings. The number of alkyl halides is 1. The van der Waals surface area contributed by atoms with E-state index in [4.69, 9.17) is 10.7 Å². The largest absolute Gasteiger partial charge is 0.328 e. The van der Waals surface area contributed by atoms with Crippen LogP contribution in [0.15, 0.2) is 54.7 Å². The van der Waals surface area contributed by atoms with E-state index < -0.39 is 35.8 Å².